The predicted molar refractivity (Wildman–Crippen MR) is 84.6 cm³/mol. The van der Waals surface area contributed by atoms with Crippen LogP contribution in [0.4, 0.5) is 24.5 Å². The Balaban J connectivity index is 2.34. The molecule has 0 aromatic heterocycles. The molecule has 1 heterocycles. The summed E-state index contributed by atoms with van der Waals surface area (Å²) < 4.78 is 38.9. The van der Waals surface area contributed by atoms with Gasteiger partial charge in [0, 0.05) is 32.1 Å². The van der Waals surface area contributed by atoms with Crippen LogP contribution in [0.15, 0.2) is 18.2 Å². The molecule has 23 heavy (non-hydrogen) atoms. The lowest BCUT2D eigenvalue weighted by atomic mass is 10.1. The molecule has 0 atom stereocenters. The highest BCUT2D eigenvalue weighted by Gasteiger charge is 2.32. The van der Waals surface area contributed by atoms with Gasteiger partial charge in [-0.05, 0) is 25.2 Å². The lowest BCUT2D eigenvalue weighted by Gasteiger charge is -2.35. The third kappa shape index (κ3) is 4.37. The van der Waals surface area contributed by atoms with Crippen LogP contribution in [-0.4, -0.2) is 44.0 Å². The van der Waals surface area contributed by atoms with Crippen molar-refractivity contribution in [1.82, 2.24) is 4.90 Å². The number of hydrogen-bond donors (Lipinski definition) is 1. The zero-order valence-corrected chi connectivity index (χ0v) is 13.6. The lowest BCUT2D eigenvalue weighted by molar-refractivity contribution is -0.137. The molecule has 0 bridgehead atoms. The van der Waals surface area contributed by atoms with E-state index in [1.807, 2.05) is 11.9 Å². The number of hydrogen-bond acceptors (Lipinski definition) is 3. The number of alkyl halides is 3. The number of nitrogens with one attached hydrogen (secondary N) is 1. The largest absolute Gasteiger partial charge is 0.416 e. The summed E-state index contributed by atoms with van der Waals surface area (Å²) in [7, 11) is 2.01. The average molecular weight is 329 g/mol. The maximum absolute atomic E-state index is 13.0. The van der Waals surface area contributed by atoms with Crippen LogP contribution in [0.2, 0.25) is 0 Å². The normalized spacial score (nSPS) is 16.7. The van der Waals surface area contributed by atoms with E-state index in [0.717, 1.165) is 25.2 Å². The molecule has 7 heteroatoms. The molecular formula is C16H22F3N3O. The van der Waals surface area contributed by atoms with Gasteiger partial charge >= 0.3 is 6.18 Å². The summed E-state index contributed by atoms with van der Waals surface area (Å²) in [5.41, 5.74) is 0.109. The van der Waals surface area contributed by atoms with E-state index in [4.69, 9.17) is 0 Å². The van der Waals surface area contributed by atoms with E-state index in [1.165, 1.54) is 6.07 Å². The first kappa shape index (κ1) is 17.6. The molecule has 0 radical (unpaired) electrons. The summed E-state index contributed by atoms with van der Waals surface area (Å²) in [4.78, 5) is 16.1. The standard InChI is InChI=1S/C16H22F3N3O/c1-11(2)15(23)20-13-10-12(16(17,18)19)4-5-14(13)22-8-6-21(3)7-9-22/h4-5,10-11H,6-9H2,1-3H3,(H,20,23). The Hall–Kier alpha value is -1.76. The molecule has 1 fully saturated rings. The maximum Gasteiger partial charge on any atom is 0.416 e. The van der Waals surface area contributed by atoms with E-state index in [9.17, 15) is 18.0 Å². The molecule has 1 saturated heterocycles. The zero-order chi connectivity index (χ0) is 17.2. The van der Waals surface area contributed by atoms with Crippen molar-refractivity contribution >= 4 is 17.3 Å². The maximum atomic E-state index is 13.0. The number of carbonyl (C=O) groups excluding carboxylic acids is 1. The van der Waals surface area contributed by atoms with Gasteiger partial charge in [-0.25, -0.2) is 0 Å². The van der Waals surface area contributed by atoms with Crippen LogP contribution >= 0.6 is 0 Å². The predicted octanol–water partition coefficient (Wildman–Crippen LogP) is 3.05. The van der Waals surface area contributed by atoms with Crippen molar-refractivity contribution in [3.8, 4) is 0 Å². The van der Waals surface area contributed by atoms with E-state index in [0.29, 0.717) is 18.8 Å². The van der Waals surface area contributed by atoms with Crippen LogP contribution < -0.4 is 10.2 Å². The minimum Gasteiger partial charge on any atom is -0.367 e. The molecule has 4 nitrogen and oxygen atoms in total. The fraction of sp³-hybridized carbons (Fsp3) is 0.562. The summed E-state index contributed by atoms with van der Waals surface area (Å²) in [5, 5.41) is 2.64. The van der Waals surface area contributed by atoms with Crippen LogP contribution in [0.25, 0.3) is 0 Å². The van der Waals surface area contributed by atoms with E-state index in [-0.39, 0.29) is 17.5 Å². The number of rotatable bonds is 3. The first-order chi connectivity index (χ1) is 10.7. The van der Waals surface area contributed by atoms with Gasteiger partial charge in [0.05, 0.1) is 16.9 Å². The molecule has 2 rings (SSSR count). The number of amides is 1. The summed E-state index contributed by atoms with van der Waals surface area (Å²) >= 11 is 0. The van der Waals surface area contributed by atoms with Crippen molar-refractivity contribution in [1.29, 1.82) is 0 Å². The summed E-state index contributed by atoms with van der Waals surface area (Å²) in [6.07, 6.45) is -4.43. The SMILES string of the molecule is CC(C)C(=O)Nc1cc(C(F)(F)F)ccc1N1CCN(C)CC1. The highest BCUT2D eigenvalue weighted by Crippen LogP contribution is 2.36. The first-order valence-electron chi connectivity index (χ1n) is 7.64. The summed E-state index contributed by atoms with van der Waals surface area (Å²) in [6, 6.07) is 3.54. The highest BCUT2D eigenvalue weighted by molar-refractivity contribution is 5.95. The van der Waals surface area contributed by atoms with E-state index in [2.05, 4.69) is 10.2 Å². The van der Waals surface area contributed by atoms with E-state index in [1.54, 1.807) is 13.8 Å². The number of benzene rings is 1. The molecule has 1 aliphatic heterocycles. The lowest BCUT2D eigenvalue weighted by Crippen LogP contribution is -2.44. The number of anilines is 2. The van der Waals surface area contributed by atoms with Crippen molar-refractivity contribution in [3.63, 3.8) is 0 Å². The fourth-order valence-corrected chi connectivity index (χ4v) is 2.41. The number of nitrogens with zero attached hydrogens (tertiary/aromatic N) is 2. The molecule has 1 aromatic carbocycles. The molecule has 0 aliphatic carbocycles. The van der Waals surface area contributed by atoms with Gasteiger partial charge in [-0.1, -0.05) is 13.8 Å². The average Bonchev–Trinajstić information content (AvgIpc) is 2.47. The van der Waals surface area contributed by atoms with Crippen LogP contribution in [0.1, 0.15) is 19.4 Å². The third-order valence-corrected chi connectivity index (χ3v) is 3.95. The molecule has 128 valence electrons. The molecular weight excluding hydrogens is 307 g/mol. The van der Waals surface area contributed by atoms with Crippen molar-refractivity contribution in [3.05, 3.63) is 23.8 Å². The molecule has 1 N–H and O–H groups in total. The molecule has 0 unspecified atom stereocenters. The van der Waals surface area contributed by atoms with Gasteiger partial charge < -0.3 is 15.1 Å². The van der Waals surface area contributed by atoms with Crippen LogP contribution in [-0.2, 0) is 11.0 Å². The minimum absolute atomic E-state index is 0.225. The Bertz CT molecular complexity index is 564. The van der Waals surface area contributed by atoms with Gasteiger partial charge in [0.1, 0.15) is 0 Å². The Morgan fingerprint density at radius 2 is 1.78 bits per heavy atom. The molecule has 0 saturated carbocycles. The first-order valence-corrected chi connectivity index (χ1v) is 7.64. The van der Waals surface area contributed by atoms with Gasteiger partial charge in [-0.15, -0.1) is 0 Å². The van der Waals surface area contributed by atoms with Crippen molar-refractivity contribution in [2.24, 2.45) is 5.92 Å². The second-order valence-electron chi connectivity index (χ2n) is 6.16. The quantitative estimate of drug-likeness (QED) is 0.926. The second-order valence-corrected chi connectivity index (χ2v) is 6.16. The van der Waals surface area contributed by atoms with E-state index < -0.39 is 11.7 Å². The van der Waals surface area contributed by atoms with Crippen LogP contribution in [0.3, 0.4) is 0 Å². The second kappa shape index (κ2) is 6.78. The monoisotopic (exact) mass is 329 g/mol. The van der Waals surface area contributed by atoms with Gasteiger partial charge in [0.2, 0.25) is 5.91 Å². The van der Waals surface area contributed by atoms with Gasteiger partial charge in [0.25, 0.3) is 0 Å². The Morgan fingerprint density at radius 3 is 2.30 bits per heavy atom. The molecule has 0 spiro atoms. The Morgan fingerprint density at radius 1 is 1.17 bits per heavy atom. The van der Waals surface area contributed by atoms with Gasteiger partial charge in [-0.3, -0.25) is 4.79 Å². The summed E-state index contributed by atoms with van der Waals surface area (Å²) in [6.45, 7) is 6.51. The fourth-order valence-electron chi connectivity index (χ4n) is 2.41. The minimum atomic E-state index is -4.43. The Labute approximate surface area is 134 Å². The van der Waals surface area contributed by atoms with Crippen molar-refractivity contribution < 1.29 is 18.0 Å². The smallest absolute Gasteiger partial charge is 0.367 e. The number of halogens is 3. The number of piperazine rings is 1. The number of carbonyl (C=O) groups is 1. The topological polar surface area (TPSA) is 35.6 Å². The van der Waals surface area contributed by atoms with Crippen LogP contribution in [0.5, 0.6) is 0 Å². The Kier molecular flexibility index (Phi) is 5.19. The third-order valence-electron chi connectivity index (χ3n) is 3.95. The highest BCUT2D eigenvalue weighted by atomic mass is 19.4. The molecule has 1 amide bonds. The zero-order valence-electron chi connectivity index (χ0n) is 13.6. The van der Waals surface area contributed by atoms with Crippen molar-refractivity contribution in [2.45, 2.75) is 20.0 Å². The van der Waals surface area contributed by atoms with Crippen molar-refractivity contribution in [2.75, 3.05) is 43.4 Å². The molecule has 1 aliphatic rings. The summed E-state index contributed by atoms with van der Waals surface area (Å²) in [5.74, 6) is -0.593. The van der Waals surface area contributed by atoms with E-state index >= 15 is 0 Å². The van der Waals surface area contributed by atoms with Gasteiger partial charge in [-0.2, -0.15) is 13.2 Å². The molecule has 1 aromatic rings. The van der Waals surface area contributed by atoms with Gasteiger partial charge in [0.15, 0.2) is 0 Å². The number of likely N-dealkylation sites (N-methyl/N-ethyl adjacent to an activating group) is 1. The van der Waals surface area contributed by atoms with Crippen LogP contribution in [0, 0.1) is 5.92 Å².